The molecule has 37 heavy (non-hydrogen) atoms. The predicted octanol–water partition coefficient (Wildman–Crippen LogP) is 8.36. The number of nitrogens with zero attached hydrogens (tertiary/aromatic N) is 1. The molecule has 2 N–H and O–H groups in total. The van der Waals surface area contributed by atoms with E-state index in [0.29, 0.717) is 31.2 Å². The number of fused-ring (bicyclic) bond motifs is 1. The van der Waals surface area contributed by atoms with Gasteiger partial charge < -0.3 is 19.8 Å². The van der Waals surface area contributed by atoms with E-state index in [1.807, 2.05) is 42.7 Å². The Morgan fingerprint density at radius 1 is 0.865 bits per heavy atom. The number of hydrogen-bond donors (Lipinski definition) is 1. The van der Waals surface area contributed by atoms with Gasteiger partial charge >= 0.3 is 0 Å². The lowest BCUT2D eigenvalue weighted by molar-refractivity contribution is 0.303. The molecule has 0 aliphatic heterocycles. The normalized spacial score (nSPS) is 11.5. The maximum Gasteiger partial charge on any atom is 0.297 e. The molecule has 5 heteroatoms. The van der Waals surface area contributed by atoms with Gasteiger partial charge in [0.25, 0.3) is 5.56 Å². The molecule has 0 saturated carbocycles. The van der Waals surface area contributed by atoms with Crippen LogP contribution in [0.3, 0.4) is 0 Å². The van der Waals surface area contributed by atoms with E-state index in [2.05, 4.69) is 39.8 Å². The van der Waals surface area contributed by atoms with Crippen LogP contribution in [0, 0.1) is 0 Å². The van der Waals surface area contributed by atoms with Crippen molar-refractivity contribution in [2.24, 2.45) is 0 Å². The molecule has 5 nitrogen and oxygen atoms in total. The van der Waals surface area contributed by atoms with Crippen LogP contribution in [0.1, 0.15) is 92.9 Å². The zero-order valence-corrected chi connectivity index (χ0v) is 24.0. The highest BCUT2D eigenvalue weighted by molar-refractivity contribution is 5.90. The number of unbranched alkanes of at least 4 members (excludes halogenated alkanes) is 5. The molecule has 1 aromatic heterocycles. The van der Waals surface area contributed by atoms with Gasteiger partial charge in [0.1, 0.15) is 13.2 Å². The third-order valence-electron chi connectivity index (χ3n) is 6.41. The molecule has 2 aromatic rings. The standard InChI is InChI=1S/C32H48N2O3/c1-7-8-9-10-11-12-20-34-29-23-27(33)16-17-28(29)30(36-21-18-25(4)5)31(32(34)35)37-22-19-26(6)15-13-14-24(2)3/h14,16-19,23H,7-13,15,20-22,33H2,1-6H3/b26-19+. The van der Waals surface area contributed by atoms with Gasteiger partial charge in [-0.05, 0) is 84.2 Å². The zero-order chi connectivity index (χ0) is 27.2. The first kappa shape index (κ1) is 30.3. The molecule has 0 radical (unpaired) electrons. The van der Waals surface area contributed by atoms with Crippen molar-refractivity contribution in [1.82, 2.24) is 4.57 Å². The monoisotopic (exact) mass is 508 g/mol. The largest absolute Gasteiger partial charge is 0.485 e. The quantitative estimate of drug-likeness (QED) is 0.140. The van der Waals surface area contributed by atoms with E-state index in [1.165, 1.54) is 36.8 Å². The summed E-state index contributed by atoms with van der Waals surface area (Å²) < 4.78 is 14.2. The van der Waals surface area contributed by atoms with Gasteiger partial charge in [0, 0.05) is 17.6 Å². The third kappa shape index (κ3) is 10.1. The molecule has 1 aromatic carbocycles. The van der Waals surface area contributed by atoms with Crippen LogP contribution in [0.25, 0.3) is 10.9 Å². The van der Waals surface area contributed by atoms with Crippen molar-refractivity contribution in [3.63, 3.8) is 0 Å². The van der Waals surface area contributed by atoms with Gasteiger partial charge in [-0.3, -0.25) is 4.79 Å². The van der Waals surface area contributed by atoms with Gasteiger partial charge in [-0.1, -0.05) is 61.8 Å². The first-order chi connectivity index (χ1) is 17.7. The summed E-state index contributed by atoms with van der Waals surface area (Å²) in [4.78, 5) is 13.8. The number of aryl methyl sites for hydroxylation is 1. The molecule has 1 heterocycles. The molecular formula is C32H48N2O3. The minimum absolute atomic E-state index is 0.158. The van der Waals surface area contributed by atoms with E-state index in [4.69, 9.17) is 15.2 Å². The molecule has 204 valence electrons. The summed E-state index contributed by atoms with van der Waals surface area (Å²) >= 11 is 0. The minimum Gasteiger partial charge on any atom is -0.485 e. The topological polar surface area (TPSA) is 66.5 Å². The maximum absolute atomic E-state index is 13.8. The number of hydrogen-bond acceptors (Lipinski definition) is 4. The van der Waals surface area contributed by atoms with Crippen LogP contribution < -0.4 is 20.8 Å². The van der Waals surface area contributed by atoms with Gasteiger partial charge in [0.15, 0.2) is 5.75 Å². The lowest BCUT2D eigenvalue weighted by Gasteiger charge is -2.18. The third-order valence-corrected chi connectivity index (χ3v) is 6.41. The van der Waals surface area contributed by atoms with E-state index in [0.717, 1.165) is 42.2 Å². The fourth-order valence-corrected chi connectivity index (χ4v) is 4.21. The highest BCUT2D eigenvalue weighted by Crippen LogP contribution is 2.34. The van der Waals surface area contributed by atoms with Crippen LogP contribution in [-0.4, -0.2) is 17.8 Å². The number of pyridine rings is 1. The molecule has 0 aliphatic carbocycles. The van der Waals surface area contributed by atoms with Crippen molar-refractivity contribution >= 4 is 16.6 Å². The second-order valence-corrected chi connectivity index (χ2v) is 10.4. The Morgan fingerprint density at radius 2 is 1.51 bits per heavy atom. The van der Waals surface area contributed by atoms with Crippen molar-refractivity contribution in [1.29, 1.82) is 0 Å². The maximum atomic E-state index is 13.8. The van der Waals surface area contributed by atoms with Crippen molar-refractivity contribution in [3.8, 4) is 11.5 Å². The van der Waals surface area contributed by atoms with Gasteiger partial charge in [-0.25, -0.2) is 0 Å². The summed E-state index contributed by atoms with van der Waals surface area (Å²) in [5, 5.41) is 0.848. The van der Waals surface area contributed by atoms with Crippen LogP contribution in [0.2, 0.25) is 0 Å². The van der Waals surface area contributed by atoms with Crippen LogP contribution in [0.4, 0.5) is 5.69 Å². The number of rotatable bonds is 16. The second kappa shape index (κ2) is 16.0. The molecule has 0 bridgehead atoms. The molecule has 0 unspecified atom stereocenters. The summed E-state index contributed by atoms with van der Waals surface area (Å²) in [6.07, 6.45) is 15.2. The SMILES string of the molecule is CCCCCCCCn1c(=O)c(OC/C=C(\C)CCC=C(C)C)c(OCC=C(C)C)c2ccc(N)cc21. The number of nitrogens with two attached hydrogens (primary N) is 1. The number of allylic oxidation sites excluding steroid dienone is 4. The Bertz CT molecular complexity index is 1150. The number of aromatic nitrogens is 1. The second-order valence-electron chi connectivity index (χ2n) is 10.4. The molecule has 0 saturated heterocycles. The molecule has 0 fully saturated rings. The summed E-state index contributed by atoms with van der Waals surface area (Å²) in [7, 11) is 0. The van der Waals surface area contributed by atoms with Gasteiger partial charge in [0.2, 0.25) is 5.75 Å². The number of anilines is 1. The predicted molar refractivity (Wildman–Crippen MR) is 159 cm³/mol. The highest BCUT2D eigenvalue weighted by atomic mass is 16.5. The summed E-state index contributed by atoms with van der Waals surface area (Å²) in [6.45, 7) is 13.9. The average Bonchev–Trinajstić information content (AvgIpc) is 2.83. The number of nitrogen functional groups attached to an aromatic ring is 1. The van der Waals surface area contributed by atoms with Gasteiger partial charge in [0.05, 0.1) is 5.52 Å². The summed E-state index contributed by atoms with van der Waals surface area (Å²) in [5.74, 6) is 0.769. The number of ether oxygens (including phenoxy) is 2. The minimum atomic E-state index is -0.158. The van der Waals surface area contributed by atoms with E-state index >= 15 is 0 Å². The van der Waals surface area contributed by atoms with Crippen molar-refractivity contribution in [3.05, 3.63) is 63.5 Å². The molecule has 2 rings (SSSR count). The lowest BCUT2D eigenvalue weighted by atomic mass is 10.1. The molecule has 0 amide bonds. The summed E-state index contributed by atoms with van der Waals surface area (Å²) in [6, 6.07) is 5.67. The van der Waals surface area contributed by atoms with Crippen LogP contribution in [0.15, 0.2) is 57.9 Å². The first-order valence-electron chi connectivity index (χ1n) is 13.9. The Morgan fingerprint density at radius 3 is 2.22 bits per heavy atom. The fraction of sp³-hybridized carbons (Fsp3) is 0.531. The molecule has 0 atom stereocenters. The average molecular weight is 509 g/mol. The van der Waals surface area contributed by atoms with Crippen molar-refractivity contribution < 1.29 is 9.47 Å². The zero-order valence-electron chi connectivity index (χ0n) is 24.0. The lowest BCUT2D eigenvalue weighted by Crippen LogP contribution is -2.24. The fourth-order valence-electron chi connectivity index (χ4n) is 4.21. The van der Waals surface area contributed by atoms with E-state index in [9.17, 15) is 4.79 Å². The van der Waals surface area contributed by atoms with E-state index in [1.54, 1.807) is 0 Å². The Balaban J connectivity index is 2.40. The van der Waals surface area contributed by atoms with Gasteiger partial charge in [-0.2, -0.15) is 0 Å². The van der Waals surface area contributed by atoms with Crippen LogP contribution in [0.5, 0.6) is 11.5 Å². The first-order valence-corrected chi connectivity index (χ1v) is 13.9. The molecule has 0 aliphatic rings. The summed E-state index contributed by atoms with van der Waals surface area (Å²) in [5.41, 5.74) is 11.1. The Kier molecular flexibility index (Phi) is 13.1. The number of benzene rings is 1. The van der Waals surface area contributed by atoms with E-state index in [-0.39, 0.29) is 11.3 Å². The Hall–Kier alpha value is -2.95. The Labute approximate surface area is 224 Å². The van der Waals surface area contributed by atoms with E-state index < -0.39 is 0 Å². The van der Waals surface area contributed by atoms with Gasteiger partial charge in [-0.15, -0.1) is 0 Å². The smallest absolute Gasteiger partial charge is 0.297 e. The molecular weight excluding hydrogens is 460 g/mol. The molecule has 0 spiro atoms. The highest BCUT2D eigenvalue weighted by Gasteiger charge is 2.20. The van der Waals surface area contributed by atoms with Crippen molar-refractivity contribution in [2.45, 2.75) is 99.5 Å². The van der Waals surface area contributed by atoms with Crippen molar-refractivity contribution in [2.75, 3.05) is 18.9 Å². The van der Waals surface area contributed by atoms with Crippen LogP contribution >= 0.6 is 0 Å². The van der Waals surface area contributed by atoms with Crippen LogP contribution in [-0.2, 0) is 6.54 Å².